The number of hydrogen-bond donors (Lipinski definition) is 0. The van der Waals surface area contributed by atoms with E-state index in [1.807, 2.05) is 0 Å². The maximum absolute atomic E-state index is 5.39. The van der Waals surface area contributed by atoms with E-state index in [0.29, 0.717) is 5.92 Å². The van der Waals surface area contributed by atoms with Crippen LogP contribution in [0.1, 0.15) is 24.3 Å². The Bertz CT molecular complexity index is 421. The molecule has 2 nitrogen and oxygen atoms in total. The zero-order valence-electron chi connectivity index (χ0n) is 8.73. The maximum atomic E-state index is 5.39. The monoisotopic (exact) mass is 201 g/mol. The highest BCUT2D eigenvalue weighted by Crippen LogP contribution is 2.28. The summed E-state index contributed by atoms with van der Waals surface area (Å²) < 4.78 is 7.59. The van der Waals surface area contributed by atoms with Crippen molar-refractivity contribution in [2.45, 2.75) is 18.8 Å². The predicted octanol–water partition coefficient (Wildman–Crippen LogP) is 2.83. The summed E-state index contributed by atoms with van der Waals surface area (Å²) in [5.41, 5.74) is 2.75. The summed E-state index contributed by atoms with van der Waals surface area (Å²) in [5.74, 6) is 0.693. The third-order valence-corrected chi connectivity index (χ3v) is 3.22. The minimum absolute atomic E-state index is 0.693. The normalized spacial score (nSPS) is 18.4. The third-order valence-electron chi connectivity index (χ3n) is 3.22. The van der Waals surface area contributed by atoms with Crippen molar-refractivity contribution in [3.05, 3.63) is 42.2 Å². The van der Waals surface area contributed by atoms with Gasteiger partial charge in [0.1, 0.15) is 0 Å². The molecule has 2 aromatic rings. The van der Waals surface area contributed by atoms with E-state index in [9.17, 15) is 0 Å². The predicted molar refractivity (Wildman–Crippen MR) is 60.2 cm³/mol. The van der Waals surface area contributed by atoms with E-state index in [4.69, 9.17) is 4.74 Å². The van der Waals surface area contributed by atoms with E-state index in [-0.39, 0.29) is 0 Å². The van der Waals surface area contributed by atoms with Gasteiger partial charge >= 0.3 is 0 Å². The fourth-order valence-corrected chi connectivity index (χ4v) is 2.33. The van der Waals surface area contributed by atoms with Crippen LogP contribution in [0.4, 0.5) is 0 Å². The second-order valence-corrected chi connectivity index (χ2v) is 4.19. The van der Waals surface area contributed by atoms with Crippen LogP contribution in [-0.4, -0.2) is 17.6 Å². The molecule has 3 heterocycles. The van der Waals surface area contributed by atoms with E-state index < -0.39 is 0 Å². The number of hydrogen-bond acceptors (Lipinski definition) is 1. The van der Waals surface area contributed by atoms with E-state index >= 15 is 0 Å². The first-order chi connectivity index (χ1) is 7.43. The number of fused-ring (bicyclic) bond motifs is 1. The molecule has 2 heteroatoms. The Morgan fingerprint density at radius 3 is 2.87 bits per heavy atom. The first-order valence-electron chi connectivity index (χ1n) is 5.58. The molecule has 0 aromatic carbocycles. The van der Waals surface area contributed by atoms with Gasteiger partial charge in [0.15, 0.2) is 0 Å². The quantitative estimate of drug-likeness (QED) is 0.691. The smallest absolute Gasteiger partial charge is 0.0471 e. The zero-order valence-corrected chi connectivity index (χ0v) is 8.73. The fraction of sp³-hybridized carbons (Fsp3) is 0.385. The van der Waals surface area contributed by atoms with E-state index in [2.05, 4.69) is 41.1 Å². The Kier molecular flexibility index (Phi) is 2.22. The number of ether oxygens (including phenoxy) is 1. The highest BCUT2D eigenvalue weighted by atomic mass is 16.5. The van der Waals surface area contributed by atoms with Crippen molar-refractivity contribution in [1.82, 2.24) is 4.40 Å². The van der Waals surface area contributed by atoms with Crippen molar-refractivity contribution >= 4 is 5.52 Å². The SMILES string of the molecule is c1ccn2cc(C3CCOCC3)cc2c1. The van der Waals surface area contributed by atoms with Crippen LogP contribution in [0.2, 0.25) is 0 Å². The van der Waals surface area contributed by atoms with Gasteiger partial charge in [-0.25, -0.2) is 0 Å². The van der Waals surface area contributed by atoms with Gasteiger partial charge in [-0.05, 0) is 42.5 Å². The summed E-state index contributed by atoms with van der Waals surface area (Å²) in [6.45, 7) is 1.83. The molecule has 78 valence electrons. The minimum atomic E-state index is 0.693. The second kappa shape index (κ2) is 3.70. The van der Waals surface area contributed by atoms with Crippen LogP contribution in [0.15, 0.2) is 36.7 Å². The lowest BCUT2D eigenvalue weighted by atomic mass is 9.94. The Hall–Kier alpha value is -1.28. The van der Waals surface area contributed by atoms with Crippen molar-refractivity contribution in [2.75, 3.05) is 13.2 Å². The lowest BCUT2D eigenvalue weighted by molar-refractivity contribution is 0.0853. The Labute approximate surface area is 89.5 Å². The van der Waals surface area contributed by atoms with Crippen molar-refractivity contribution < 1.29 is 4.74 Å². The molecule has 1 aliphatic heterocycles. The van der Waals surface area contributed by atoms with E-state index in [1.165, 1.54) is 11.1 Å². The van der Waals surface area contributed by atoms with Crippen LogP contribution in [0.3, 0.4) is 0 Å². The number of aromatic nitrogens is 1. The molecule has 15 heavy (non-hydrogen) atoms. The minimum Gasteiger partial charge on any atom is -0.381 e. The van der Waals surface area contributed by atoms with Crippen LogP contribution in [0.25, 0.3) is 5.52 Å². The van der Waals surface area contributed by atoms with Crippen molar-refractivity contribution in [2.24, 2.45) is 0 Å². The molecule has 2 aromatic heterocycles. The topological polar surface area (TPSA) is 13.6 Å². The van der Waals surface area contributed by atoms with Crippen LogP contribution >= 0.6 is 0 Å². The molecule has 0 amide bonds. The molecule has 3 rings (SSSR count). The largest absolute Gasteiger partial charge is 0.381 e. The number of nitrogens with zero attached hydrogens (tertiary/aromatic N) is 1. The van der Waals surface area contributed by atoms with Crippen molar-refractivity contribution in [1.29, 1.82) is 0 Å². The summed E-state index contributed by atoms with van der Waals surface area (Å²) in [4.78, 5) is 0. The average molecular weight is 201 g/mol. The van der Waals surface area contributed by atoms with Gasteiger partial charge in [-0.1, -0.05) is 6.07 Å². The zero-order chi connectivity index (χ0) is 10.1. The molecule has 0 unspecified atom stereocenters. The molecule has 1 saturated heterocycles. The maximum Gasteiger partial charge on any atom is 0.0471 e. The van der Waals surface area contributed by atoms with Crippen LogP contribution in [-0.2, 0) is 4.74 Å². The van der Waals surface area contributed by atoms with Gasteiger partial charge in [0.25, 0.3) is 0 Å². The van der Waals surface area contributed by atoms with Gasteiger partial charge in [-0.3, -0.25) is 0 Å². The van der Waals surface area contributed by atoms with E-state index in [1.54, 1.807) is 0 Å². The van der Waals surface area contributed by atoms with Gasteiger partial charge < -0.3 is 9.14 Å². The molecule has 0 N–H and O–H groups in total. The fourth-order valence-electron chi connectivity index (χ4n) is 2.33. The average Bonchev–Trinajstić information content (AvgIpc) is 2.74. The Balaban J connectivity index is 1.96. The third kappa shape index (κ3) is 1.65. The highest BCUT2D eigenvalue weighted by Gasteiger charge is 2.16. The molecule has 0 spiro atoms. The molecule has 0 saturated carbocycles. The molecule has 0 aliphatic carbocycles. The molecular weight excluding hydrogens is 186 g/mol. The Morgan fingerprint density at radius 2 is 2.07 bits per heavy atom. The van der Waals surface area contributed by atoms with Crippen molar-refractivity contribution in [3.63, 3.8) is 0 Å². The molecule has 0 atom stereocenters. The number of rotatable bonds is 1. The van der Waals surface area contributed by atoms with Crippen molar-refractivity contribution in [3.8, 4) is 0 Å². The molecule has 1 fully saturated rings. The van der Waals surface area contributed by atoms with Gasteiger partial charge in [-0.15, -0.1) is 0 Å². The van der Waals surface area contributed by atoms with Crippen LogP contribution < -0.4 is 0 Å². The molecular formula is C13H15NO. The summed E-state index contributed by atoms with van der Waals surface area (Å²) in [6.07, 6.45) is 6.69. The van der Waals surface area contributed by atoms with Gasteiger partial charge in [0.2, 0.25) is 0 Å². The molecule has 0 bridgehead atoms. The summed E-state index contributed by atoms with van der Waals surface area (Å²) >= 11 is 0. The van der Waals surface area contributed by atoms with Crippen LogP contribution in [0.5, 0.6) is 0 Å². The lowest BCUT2D eigenvalue weighted by Gasteiger charge is -2.20. The first-order valence-corrected chi connectivity index (χ1v) is 5.58. The van der Waals surface area contributed by atoms with Gasteiger partial charge in [0, 0.05) is 31.1 Å². The first kappa shape index (κ1) is 8.98. The summed E-state index contributed by atoms with van der Waals surface area (Å²) in [7, 11) is 0. The van der Waals surface area contributed by atoms with E-state index in [0.717, 1.165) is 26.1 Å². The molecule has 1 aliphatic rings. The van der Waals surface area contributed by atoms with Crippen LogP contribution in [0, 0.1) is 0 Å². The lowest BCUT2D eigenvalue weighted by Crippen LogP contribution is -2.13. The standard InChI is InChI=1S/C13H15NO/c1-2-6-14-10-12(9-13(14)3-1)11-4-7-15-8-5-11/h1-3,6,9-11H,4-5,7-8H2. The van der Waals surface area contributed by atoms with Gasteiger partial charge in [0.05, 0.1) is 0 Å². The number of pyridine rings is 1. The summed E-state index contributed by atoms with van der Waals surface area (Å²) in [5, 5.41) is 0. The molecule has 0 radical (unpaired) electrons. The second-order valence-electron chi connectivity index (χ2n) is 4.19. The Morgan fingerprint density at radius 1 is 1.20 bits per heavy atom. The van der Waals surface area contributed by atoms with Gasteiger partial charge in [-0.2, -0.15) is 0 Å². The summed E-state index contributed by atoms with van der Waals surface area (Å²) in [6, 6.07) is 8.61. The highest BCUT2D eigenvalue weighted by molar-refractivity contribution is 5.51.